The molecule has 0 aromatic heterocycles. The molecule has 1 unspecified atom stereocenters. The van der Waals surface area contributed by atoms with Gasteiger partial charge in [-0.25, -0.2) is 4.39 Å². The van der Waals surface area contributed by atoms with Crippen molar-refractivity contribution in [3.63, 3.8) is 0 Å². The van der Waals surface area contributed by atoms with Crippen molar-refractivity contribution in [1.29, 1.82) is 0 Å². The van der Waals surface area contributed by atoms with Crippen LogP contribution in [0.3, 0.4) is 0 Å². The molecule has 0 amide bonds. The Labute approximate surface area is 115 Å². The third-order valence-corrected chi connectivity index (χ3v) is 2.90. The van der Waals surface area contributed by atoms with Crippen LogP contribution < -0.4 is 10.1 Å². The van der Waals surface area contributed by atoms with E-state index in [0.29, 0.717) is 11.3 Å². The SMILES string of the molecule is COc1ccc(C(C)NCCCOC(C)C)c(F)c1. The van der Waals surface area contributed by atoms with Crippen molar-refractivity contribution < 1.29 is 13.9 Å². The van der Waals surface area contributed by atoms with Crippen LogP contribution in [0.2, 0.25) is 0 Å². The summed E-state index contributed by atoms with van der Waals surface area (Å²) in [6, 6.07) is 4.93. The molecular formula is C15H24FNO2. The van der Waals surface area contributed by atoms with E-state index in [4.69, 9.17) is 9.47 Å². The Balaban J connectivity index is 2.39. The molecule has 1 rings (SSSR count). The highest BCUT2D eigenvalue weighted by Gasteiger charge is 2.11. The molecule has 0 saturated carbocycles. The van der Waals surface area contributed by atoms with Gasteiger partial charge >= 0.3 is 0 Å². The predicted octanol–water partition coefficient (Wildman–Crippen LogP) is 3.30. The van der Waals surface area contributed by atoms with Crippen molar-refractivity contribution in [3.05, 3.63) is 29.6 Å². The van der Waals surface area contributed by atoms with Crippen LogP contribution >= 0.6 is 0 Å². The summed E-state index contributed by atoms with van der Waals surface area (Å²) in [6.45, 7) is 7.52. The molecule has 108 valence electrons. The van der Waals surface area contributed by atoms with Crippen LogP contribution in [0.1, 0.15) is 38.8 Å². The molecule has 0 spiro atoms. The number of halogens is 1. The molecule has 0 aliphatic carbocycles. The van der Waals surface area contributed by atoms with E-state index in [9.17, 15) is 4.39 Å². The molecular weight excluding hydrogens is 245 g/mol. The lowest BCUT2D eigenvalue weighted by atomic mass is 10.1. The Morgan fingerprint density at radius 3 is 2.58 bits per heavy atom. The quantitative estimate of drug-likeness (QED) is 0.735. The van der Waals surface area contributed by atoms with Crippen molar-refractivity contribution in [2.75, 3.05) is 20.3 Å². The zero-order chi connectivity index (χ0) is 14.3. The van der Waals surface area contributed by atoms with Crippen molar-refractivity contribution in [3.8, 4) is 5.75 Å². The minimum Gasteiger partial charge on any atom is -0.497 e. The number of hydrogen-bond acceptors (Lipinski definition) is 3. The number of benzene rings is 1. The molecule has 0 saturated heterocycles. The number of methoxy groups -OCH3 is 1. The van der Waals surface area contributed by atoms with Crippen LogP contribution in [-0.2, 0) is 4.74 Å². The minimum absolute atomic E-state index is 0.0232. The first-order valence-corrected chi connectivity index (χ1v) is 6.73. The second kappa shape index (κ2) is 8.12. The van der Waals surface area contributed by atoms with Gasteiger partial charge in [-0.1, -0.05) is 6.07 Å². The molecule has 1 aromatic rings. The van der Waals surface area contributed by atoms with Gasteiger partial charge in [-0.3, -0.25) is 0 Å². The van der Waals surface area contributed by atoms with Crippen LogP contribution in [0.25, 0.3) is 0 Å². The molecule has 0 aliphatic rings. The second-order valence-corrected chi connectivity index (χ2v) is 4.84. The molecule has 1 N–H and O–H groups in total. The topological polar surface area (TPSA) is 30.5 Å². The van der Waals surface area contributed by atoms with Gasteiger partial charge in [0.25, 0.3) is 0 Å². The molecule has 1 atom stereocenters. The van der Waals surface area contributed by atoms with Crippen molar-refractivity contribution in [1.82, 2.24) is 5.32 Å². The molecule has 0 radical (unpaired) electrons. The summed E-state index contributed by atoms with van der Waals surface area (Å²) in [6.07, 6.45) is 1.18. The van der Waals surface area contributed by atoms with E-state index in [-0.39, 0.29) is 18.0 Å². The summed E-state index contributed by atoms with van der Waals surface area (Å²) < 4.78 is 24.3. The third kappa shape index (κ3) is 5.57. The summed E-state index contributed by atoms with van der Waals surface area (Å²) >= 11 is 0. The lowest BCUT2D eigenvalue weighted by Gasteiger charge is -2.16. The van der Waals surface area contributed by atoms with E-state index in [1.54, 1.807) is 12.1 Å². The zero-order valence-electron chi connectivity index (χ0n) is 12.2. The molecule has 0 heterocycles. The minimum atomic E-state index is -0.238. The number of nitrogens with one attached hydrogen (secondary N) is 1. The molecule has 19 heavy (non-hydrogen) atoms. The fraction of sp³-hybridized carbons (Fsp3) is 0.600. The highest BCUT2D eigenvalue weighted by atomic mass is 19.1. The maximum atomic E-state index is 13.8. The van der Waals surface area contributed by atoms with Gasteiger partial charge in [0.2, 0.25) is 0 Å². The van der Waals surface area contributed by atoms with Gasteiger partial charge in [-0.2, -0.15) is 0 Å². The van der Waals surface area contributed by atoms with Crippen LogP contribution in [0.4, 0.5) is 4.39 Å². The fourth-order valence-electron chi connectivity index (χ4n) is 1.81. The number of rotatable bonds is 8. The number of ether oxygens (including phenoxy) is 2. The Hall–Kier alpha value is -1.13. The van der Waals surface area contributed by atoms with E-state index in [0.717, 1.165) is 19.6 Å². The van der Waals surface area contributed by atoms with Crippen LogP contribution in [-0.4, -0.2) is 26.4 Å². The van der Waals surface area contributed by atoms with Gasteiger partial charge in [0.05, 0.1) is 13.2 Å². The first-order valence-electron chi connectivity index (χ1n) is 6.73. The van der Waals surface area contributed by atoms with Gasteiger partial charge in [-0.05, 0) is 39.8 Å². The summed E-state index contributed by atoms with van der Waals surface area (Å²) in [5.74, 6) is 0.302. The van der Waals surface area contributed by atoms with E-state index in [2.05, 4.69) is 5.32 Å². The Morgan fingerprint density at radius 2 is 2.00 bits per heavy atom. The normalized spacial score (nSPS) is 12.7. The van der Waals surface area contributed by atoms with E-state index < -0.39 is 0 Å². The van der Waals surface area contributed by atoms with Crippen molar-refractivity contribution in [2.24, 2.45) is 0 Å². The lowest BCUT2D eigenvalue weighted by Crippen LogP contribution is -2.22. The van der Waals surface area contributed by atoms with Crippen LogP contribution in [0.15, 0.2) is 18.2 Å². The zero-order valence-corrected chi connectivity index (χ0v) is 12.2. The molecule has 3 nitrogen and oxygen atoms in total. The molecule has 0 fully saturated rings. The summed E-state index contributed by atoms with van der Waals surface area (Å²) in [4.78, 5) is 0. The third-order valence-electron chi connectivity index (χ3n) is 2.90. The van der Waals surface area contributed by atoms with Crippen LogP contribution in [0.5, 0.6) is 5.75 Å². The average Bonchev–Trinajstić information content (AvgIpc) is 2.37. The first kappa shape index (κ1) is 15.9. The smallest absolute Gasteiger partial charge is 0.131 e. The largest absolute Gasteiger partial charge is 0.497 e. The molecule has 0 bridgehead atoms. The lowest BCUT2D eigenvalue weighted by molar-refractivity contribution is 0.0767. The average molecular weight is 269 g/mol. The molecule has 1 aromatic carbocycles. The van der Waals surface area contributed by atoms with Gasteiger partial charge in [0.1, 0.15) is 11.6 Å². The number of hydrogen-bond donors (Lipinski definition) is 1. The Kier molecular flexibility index (Phi) is 6.81. The van der Waals surface area contributed by atoms with E-state index in [1.807, 2.05) is 20.8 Å². The maximum absolute atomic E-state index is 13.8. The fourth-order valence-corrected chi connectivity index (χ4v) is 1.81. The standard InChI is InChI=1S/C15H24FNO2/c1-11(2)19-9-5-8-17-12(3)14-7-6-13(18-4)10-15(14)16/h6-7,10-12,17H,5,8-9H2,1-4H3. The van der Waals surface area contributed by atoms with Crippen molar-refractivity contribution >= 4 is 0 Å². The van der Waals surface area contributed by atoms with Crippen LogP contribution in [0, 0.1) is 5.82 Å². The predicted molar refractivity (Wildman–Crippen MR) is 75.1 cm³/mol. The maximum Gasteiger partial charge on any atom is 0.131 e. The molecule has 0 aliphatic heterocycles. The monoisotopic (exact) mass is 269 g/mol. The van der Waals surface area contributed by atoms with Gasteiger partial charge in [-0.15, -0.1) is 0 Å². The summed E-state index contributed by atoms with van der Waals surface area (Å²) in [5.41, 5.74) is 0.658. The van der Waals surface area contributed by atoms with Crippen molar-refractivity contribution in [2.45, 2.75) is 39.3 Å². The highest BCUT2D eigenvalue weighted by molar-refractivity contribution is 5.30. The molecule has 4 heteroatoms. The Bertz CT molecular complexity index is 382. The van der Waals surface area contributed by atoms with E-state index >= 15 is 0 Å². The highest BCUT2D eigenvalue weighted by Crippen LogP contribution is 2.21. The van der Waals surface area contributed by atoms with E-state index in [1.165, 1.54) is 13.2 Å². The summed E-state index contributed by atoms with van der Waals surface area (Å²) in [7, 11) is 1.53. The summed E-state index contributed by atoms with van der Waals surface area (Å²) in [5, 5.41) is 3.29. The van der Waals surface area contributed by atoms with Gasteiger partial charge in [0.15, 0.2) is 0 Å². The van der Waals surface area contributed by atoms with Gasteiger partial charge in [0, 0.05) is 24.3 Å². The first-order chi connectivity index (χ1) is 9.04. The van der Waals surface area contributed by atoms with Gasteiger partial charge < -0.3 is 14.8 Å². The second-order valence-electron chi connectivity index (χ2n) is 4.84. The Morgan fingerprint density at radius 1 is 1.26 bits per heavy atom.